The summed E-state index contributed by atoms with van der Waals surface area (Å²) in [4.78, 5) is 12.3. The summed E-state index contributed by atoms with van der Waals surface area (Å²) in [6, 6.07) is 6.74. The first kappa shape index (κ1) is 11.3. The van der Waals surface area contributed by atoms with Gasteiger partial charge in [-0.25, -0.2) is 0 Å². The van der Waals surface area contributed by atoms with Crippen LogP contribution in [0.1, 0.15) is 12.8 Å². The van der Waals surface area contributed by atoms with Gasteiger partial charge in [0, 0.05) is 18.3 Å². The van der Waals surface area contributed by atoms with Crippen LogP contribution in [0.2, 0.25) is 0 Å². The molecule has 0 saturated heterocycles. The Bertz CT molecular complexity index is 438. The van der Waals surface area contributed by atoms with Gasteiger partial charge in [0.05, 0.1) is 6.42 Å². The Kier molecular flexibility index (Phi) is 3.18. The number of aromatic hydroxyl groups is 1. The van der Waals surface area contributed by atoms with Crippen molar-refractivity contribution < 1.29 is 19.7 Å². The molecule has 0 amide bonds. The summed E-state index contributed by atoms with van der Waals surface area (Å²) >= 11 is 0. The highest BCUT2D eigenvalue weighted by atomic mass is 16.5. The fourth-order valence-electron chi connectivity index (χ4n) is 1.56. The van der Waals surface area contributed by atoms with Crippen molar-refractivity contribution in [2.75, 3.05) is 11.6 Å². The van der Waals surface area contributed by atoms with Crippen molar-refractivity contribution in [1.29, 1.82) is 0 Å². The van der Waals surface area contributed by atoms with E-state index in [1.807, 2.05) is 4.90 Å². The Morgan fingerprint density at radius 1 is 1.35 bits per heavy atom. The van der Waals surface area contributed by atoms with E-state index in [0.717, 1.165) is 5.69 Å². The maximum absolute atomic E-state index is 10.4. The van der Waals surface area contributed by atoms with Crippen LogP contribution in [0.4, 0.5) is 5.69 Å². The number of benzene rings is 1. The quantitative estimate of drug-likeness (QED) is 0.834. The molecule has 1 aliphatic rings. The summed E-state index contributed by atoms with van der Waals surface area (Å²) in [5.41, 5.74) is 0.896. The minimum absolute atomic E-state index is 0.0647. The van der Waals surface area contributed by atoms with Gasteiger partial charge in [-0.3, -0.25) is 4.79 Å². The molecule has 2 rings (SSSR count). The molecule has 2 N–H and O–H groups in total. The number of carboxylic acid groups (broad SMARTS) is 1. The Labute approximate surface area is 98.5 Å². The number of anilines is 1. The summed E-state index contributed by atoms with van der Waals surface area (Å²) in [7, 11) is 0. The molecule has 0 fully saturated rings. The lowest BCUT2D eigenvalue weighted by atomic mass is 10.2. The van der Waals surface area contributed by atoms with Gasteiger partial charge in [-0.1, -0.05) is 0 Å². The first-order valence-electron chi connectivity index (χ1n) is 5.26. The standard InChI is InChI=1S/C12H13NO4/c14-10-3-1-9(2-4-10)13-7-11(17-8-13)5-6-12(15)16/h1-4,7,14H,5-6,8H2,(H,15,16). The fourth-order valence-corrected chi connectivity index (χ4v) is 1.56. The zero-order valence-corrected chi connectivity index (χ0v) is 9.17. The van der Waals surface area contributed by atoms with Gasteiger partial charge < -0.3 is 19.8 Å². The van der Waals surface area contributed by atoms with Crippen molar-refractivity contribution >= 4 is 11.7 Å². The molecule has 1 aliphatic heterocycles. The van der Waals surface area contributed by atoms with Crippen LogP contribution in [0.25, 0.3) is 0 Å². The molecule has 17 heavy (non-hydrogen) atoms. The van der Waals surface area contributed by atoms with Gasteiger partial charge in [0.25, 0.3) is 0 Å². The molecule has 0 aliphatic carbocycles. The van der Waals surface area contributed by atoms with Crippen molar-refractivity contribution in [2.24, 2.45) is 0 Å². The average molecular weight is 235 g/mol. The largest absolute Gasteiger partial charge is 0.508 e. The third-order valence-corrected chi connectivity index (χ3v) is 2.46. The molecule has 0 unspecified atom stereocenters. The van der Waals surface area contributed by atoms with Gasteiger partial charge in [0.15, 0.2) is 6.73 Å². The molecule has 1 aromatic carbocycles. The number of hydrogen-bond donors (Lipinski definition) is 2. The molecule has 1 aromatic rings. The Hall–Kier alpha value is -2.17. The molecule has 0 radical (unpaired) electrons. The van der Waals surface area contributed by atoms with Gasteiger partial charge in [-0.15, -0.1) is 0 Å². The van der Waals surface area contributed by atoms with Crippen LogP contribution in [0.3, 0.4) is 0 Å². The number of hydrogen-bond acceptors (Lipinski definition) is 4. The molecule has 0 atom stereocenters. The van der Waals surface area contributed by atoms with E-state index in [0.29, 0.717) is 18.9 Å². The second-order valence-corrected chi connectivity index (χ2v) is 3.75. The van der Waals surface area contributed by atoms with Gasteiger partial charge in [0.2, 0.25) is 0 Å². The maximum atomic E-state index is 10.4. The molecule has 5 heteroatoms. The van der Waals surface area contributed by atoms with Crippen molar-refractivity contribution in [3.8, 4) is 5.75 Å². The van der Waals surface area contributed by atoms with E-state index in [2.05, 4.69) is 0 Å². The topological polar surface area (TPSA) is 70.0 Å². The van der Waals surface area contributed by atoms with E-state index in [-0.39, 0.29) is 12.2 Å². The molecule has 0 saturated carbocycles. The van der Waals surface area contributed by atoms with Crippen LogP contribution < -0.4 is 4.90 Å². The zero-order valence-electron chi connectivity index (χ0n) is 9.17. The van der Waals surface area contributed by atoms with Crippen LogP contribution in [0.15, 0.2) is 36.2 Å². The summed E-state index contributed by atoms with van der Waals surface area (Å²) in [6.07, 6.45) is 2.24. The van der Waals surface area contributed by atoms with Crippen LogP contribution in [0.5, 0.6) is 5.75 Å². The summed E-state index contributed by atoms with van der Waals surface area (Å²) in [6.45, 7) is 0.375. The van der Waals surface area contributed by atoms with Gasteiger partial charge in [-0.05, 0) is 24.3 Å². The zero-order chi connectivity index (χ0) is 12.3. The minimum atomic E-state index is -0.836. The Morgan fingerprint density at radius 3 is 2.71 bits per heavy atom. The lowest BCUT2D eigenvalue weighted by Gasteiger charge is -2.12. The monoisotopic (exact) mass is 235 g/mol. The predicted molar refractivity (Wildman–Crippen MR) is 61.5 cm³/mol. The number of phenolic OH excluding ortho intramolecular Hbond substituents is 1. The third kappa shape index (κ3) is 2.90. The normalized spacial score (nSPS) is 14.4. The van der Waals surface area contributed by atoms with Crippen molar-refractivity contribution in [2.45, 2.75) is 12.8 Å². The number of ether oxygens (including phenoxy) is 1. The van der Waals surface area contributed by atoms with E-state index in [9.17, 15) is 4.79 Å². The third-order valence-electron chi connectivity index (χ3n) is 2.46. The minimum Gasteiger partial charge on any atom is -0.508 e. The SMILES string of the molecule is O=C(O)CCC1=CN(c2ccc(O)cc2)CO1. The molecule has 90 valence electrons. The second-order valence-electron chi connectivity index (χ2n) is 3.75. The highest BCUT2D eigenvalue weighted by Gasteiger charge is 2.15. The van der Waals surface area contributed by atoms with E-state index in [1.165, 1.54) is 0 Å². The van der Waals surface area contributed by atoms with Crippen LogP contribution in [-0.2, 0) is 9.53 Å². The molecule has 1 heterocycles. The van der Waals surface area contributed by atoms with E-state index >= 15 is 0 Å². The number of phenols is 1. The summed E-state index contributed by atoms with van der Waals surface area (Å²) in [5, 5.41) is 17.7. The second kappa shape index (κ2) is 4.78. The molecule has 5 nitrogen and oxygen atoms in total. The van der Waals surface area contributed by atoms with E-state index < -0.39 is 5.97 Å². The number of carbonyl (C=O) groups is 1. The maximum Gasteiger partial charge on any atom is 0.303 e. The first-order chi connectivity index (χ1) is 8.15. The van der Waals surface area contributed by atoms with Gasteiger partial charge >= 0.3 is 5.97 Å². The molecule has 0 bridgehead atoms. The fraction of sp³-hybridized carbons (Fsp3) is 0.250. The van der Waals surface area contributed by atoms with E-state index in [4.69, 9.17) is 14.9 Å². The Morgan fingerprint density at radius 2 is 2.06 bits per heavy atom. The molecular formula is C12H13NO4. The molecular weight excluding hydrogens is 222 g/mol. The van der Waals surface area contributed by atoms with Gasteiger partial charge in [0.1, 0.15) is 11.5 Å². The molecule has 0 aromatic heterocycles. The van der Waals surface area contributed by atoms with Crippen molar-refractivity contribution in [3.63, 3.8) is 0 Å². The predicted octanol–water partition coefficient (Wildman–Crippen LogP) is 1.89. The number of aliphatic carboxylic acids is 1. The highest BCUT2D eigenvalue weighted by molar-refractivity contribution is 5.67. The lowest BCUT2D eigenvalue weighted by molar-refractivity contribution is -0.137. The number of rotatable bonds is 4. The first-order valence-corrected chi connectivity index (χ1v) is 5.26. The highest BCUT2D eigenvalue weighted by Crippen LogP contribution is 2.24. The smallest absolute Gasteiger partial charge is 0.303 e. The number of allylic oxidation sites excluding steroid dienone is 1. The average Bonchev–Trinajstić information content (AvgIpc) is 2.76. The molecule has 0 spiro atoms. The van der Waals surface area contributed by atoms with Crippen molar-refractivity contribution in [3.05, 3.63) is 36.2 Å². The van der Waals surface area contributed by atoms with Gasteiger partial charge in [-0.2, -0.15) is 0 Å². The number of carboxylic acids is 1. The van der Waals surface area contributed by atoms with Crippen LogP contribution >= 0.6 is 0 Å². The summed E-state index contributed by atoms with van der Waals surface area (Å²) < 4.78 is 5.36. The van der Waals surface area contributed by atoms with E-state index in [1.54, 1.807) is 30.5 Å². The number of nitrogens with zero attached hydrogens (tertiary/aromatic N) is 1. The summed E-state index contributed by atoms with van der Waals surface area (Å²) in [5.74, 6) is 0.0435. The van der Waals surface area contributed by atoms with Crippen LogP contribution in [0, 0.1) is 0 Å². The van der Waals surface area contributed by atoms with Crippen LogP contribution in [-0.4, -0.2) is 22.9 Å². The Balaban J connectivity index is 2.00. The van der Waals surface area contributed by atoms with Crippen molar-refractivity contribution in [1.82, 2.24) is 0 Å². The lowest BCUT2D eigenvalue weighted by Crippen LogP contribution is -2.12.